The molecule has 4 aromatic rings. The number of halogens is 3. The molecule has 0 radical (unpaired) electrons. The van der Waals surface area contributed by atoms with Crippen LogP contribution in [0.3, 0.4) is 0 Å². The zero-order valence-electron chi connectivity index (χ0n) is 23.3. The van der Waals surface area contributed by atoms with Crippen molar-refractivity contribution in [2.24, 2.45) is 5.92 Å². The van der Waals surface area contributed by atoms with Gasteiger partial charge in [-0.3, -0.25) is 9.69 Å². The molecule has 9 nitrogen and oxygen atoms in total. The third kappa shape index (κ3) is 6.03. The molecule has 0 unspecified atom stereocenters. The largest absolute Gasteiger partial charge is 0.573 e. The molecular formula is C30H31F3N6O3. The molecule has 3 heterocycles. The molecular weight excluding hydrogens is 549 g/mol. The number of hydrogen-bond acceptors (Lipinski definition) is 7. The second-order valence-electron chi connectivity index (χ2n) is 10.7. The Labute approximate surface area is 240 Å². The molecule has 0 bridgehead atoms. The number of aromatic nitrogens is 4. The number of imidazole rings is 1. The van der Waals surface area contributed by atoms with Gasteiger partial charge in [-0.1, -0.05) is 29.4 Å². The van der Waals surface area contributed by atoms with Crippen LogP contribution >= 0.6 is 0 Å². The second-order valence-corrected chi connectivity index (χ2v) is 10.7. The molecule has 2 atom stereocenters. The number of nitrogens with one attached hydrogen (secondary N) is 1. The van der Waals surface area contributed by atoms with Gasteiger partial charge in [-0.2, -0.15) is 4.98 Å². The first-order valence-electron chi connectivity index (χ1n) is 14.0. The van der Waals surface area contributed by atoms with E-state index in [-0.39, 0.29) is 23.5 Å². The summed E-state index contributed by atoms with van der Waals surface area (Å²) in [5.74, 6) is 1.41. The fourth-order valence-electron chi connectivity index (χ4n) is 5.74. The predicted octanol–water partition coefficient (Wildman–Crippen LogP) is 5.14. The van der Waals surface area contributed by atoms with Gasteiger partial charge in [0.25, 0.3) is 0 Å². The van der Waals surface area contributed by atoms with Crippen LogP contribution in [0.4, 0.5) is 13.2 Å². The van der Waals surface area contributed by atoms with Gasteiger partial charge in [-0.05, 0) is 66.6 Å². The molecule has 0 saturated heterocycles. The lowest BCUT2D eigenvalue weighted by Crippen LogP contribution is -2.33. The molecule has 1 aliphatic heterocycles. The Morgan fingerprint density at radius 3 is 2.83 bits per heavy atom. The minimum Gasteiger partial charge on any atom is -0.406 e. The Hall–Kier alpha value is -4.19. The topological polar surface area (TPSA) is 98.3 Å². The summed E-state index contributed by atoms with van der Waals surface area (Å²) in [5.41, 5.74) is 4.60. The average molecular weight is 581 g/mol. The van der Waals surface area contributed by atoms with Gasteiger partial charge in [0.2, 0.25) is 11.8 Å². The lowest BCUT2D eigenvalue weighted by atomic mass is 9.87. The first kappa shape index (κ1) is 28.0. The van der Waals surface area contributed by atoms with E-state index in [0.717, 1.165) is 41.2 Å². The highest BCUT2D eigenvalue weighted by atomic mass is 19.4. The Morgan fingerprint density at radius 1 is 1.21 bits per heavy atom. The average Bonchev–Trinajstić information content (AvgIpc) is 3.44. The van der Waals surface area contributed by atoms with E-state index in [1.165, 1.54) is 12.1 Å². The van der Waals surface area contributed by atoms with E-state index in [1.807, 2.05) is 18.3 Å². The maximum atomic E-state index is 13.0. The van der Waals surface area contributed by atoms with Crippen LogP contribution in [-0.2, 0) is 37.4 Å². The van der Waals surface area contributed by atoms with Gasteiger partial charge in [0, 0.05) is 38.6 Å². The molecule has 6 rings (SSSR count). The standard InChI is InChI=1S/C30H31F3N6O3/c1-3-39-12-10-34-27(39)17-38-11-9-23-22(19-5-4-6-21(13-19)41-30(31,32)33)8-7-20(26(23)16-38)15-35-28(40)24-14-25(24)29-36-18(2)37-42-29/h4-8,10,12-13,24-25H,3,9,11,14-17H2,1-2H3,(H,35,40)/t24-,25-/m1/s1. The number of benzene rings is 2. The lowest BCUT2D eigenvalue weighted by Gasteiger charge is -2.32. The summed E-state index contributed by atoms with van der Waals surface area (Å²) in [6, 6.07) is 9.94. The molecule has 220 valence electrons. The van der Waals surface area contributed by atoms with Crippen LogP contribution in [0.1, 0.15) is 53.5 Å². The van der Waals surface area contributed by atoms with Gasteiger partial charge >= 0.3 is 6.36 Å². The van der Waals surface area contributed by atoms with Crippen molar-refractivity contribution >= 4 is 5.91 Å². The molecule has 2 aliphatic rings. The van der Waals surface area contributed by atoms with E-state index < -0.39 is 6.36 Å². The highest BCUT2D eigenvalue weighted by Gasteiger charge is 2.47. The van der Waals surface area contributed by atoms with E-state index >= 15 is 0 Å². The third-order valence-electron chi connectivity index (χ3n) is 7.91. The van der Waals surface area contributed by atoms with E-state index in [1.54, 1.807) is 25.3 Å². The minimum absolute atomic E-state index is 0.0634. The molecule has 1 aliphatic carbocycles. The lowest BCUT2D eigenvalue weighted by molar-refractivity contribution is -0.274. The zero-order valence-corrected chi connectivity index (χ0v) is 23.3. The van der Waals surface area contributed by atoms with Crippen molar-refractivity contribution in [3.05, 3.63) is 83.0 Å². The number of alkyl halides is 3. The molecule has 2 aromatic carbocycles. The Morgan fingerprint density at radius 2 is 2.07 bits per heavy atom. The van der Waals surface area contributed by atoms with Crippen molar-refractivity contribution in [3.8, 4) is 16.9 Å². The van der Waals surface area contributed by atoms with Crippen LogP contribution in [-0.4, -0.2) is 43.4 Å². The summed E-state index contributed by atoms with van der Waals surface area (Å²) in [7, 11) is 0. The molecule has 1 amide bonds. The zero-order chi connectivity index (χ0) is 29.4. The summed E-state index contributed by atoms with van der Waals surface area (Å²) >= 11 is 0. The van der Waals surface area contributed by atoms with Crippen LogP contribution in [0, 0.1) is 12.8 Å². The van der Waals surface area contributed by atoms with Gasteiger partial charge in [0.15, 0.2) is 5.82 Å². The first-order chi connectivity index (χ1) is 20.2. The first-order valence-corrected chi connectivity index (χ1v) is 14.0. The molecule has 1 N–H and O–H groups in total. The van der Waals surface area contributed by atoms with Crippen molar-refractivity contribution in [3.63, 3.8) is 0 Å². The number of carbonyl (C=O) groups is 1. The molecule has 2 aromatic heterocycles. The Bertz CT molecular complexity index is 1600. The van der Waals surface area contributed by atoms with Crippen LogP contribution in [0.5, 0.6) is 5.75 Å². The molecule has 42 heavy (non-hydrogen) atoms. The van der Waals surface area contributed by atoms with Gasteiger partial charge < -0.3 is 19.1 Å². The highest BCUT2D eigenvalue weighted by Crippen LogP contribution is 2.47. The van der Waals surface area contributed by atoms with Crippen LogP contribution in [0.25, 0.3) is 11.1 Å². The van der Waals surface area contributed by atoms with Gasteiger partial charge in [0.05, 0.1) is 18.4 Å². The Balaban J connectivity index is 1.25. The third-order valence-corrected chi connectivity index (χ3v) is 7.91. The fraction of sp³-hybridized carbons (Fsp3) is 0.400. The summed E-state index contributed by atoms with van der Waals surface area (Å²) in [6.45, 7) is 7.03. The van der Waals surface area contributed by atoms with Crippen molar-refractivity contribution in [2.45, 2.75) is 65.1 Å². The van der Waals surface area contributed by atoms with E-state index in [0.29, 0.717) is 49.8 Å². The van der Waals surface area contributed by atoms with Crippen molar-refractivity contribution in [2.75, 3.05) is 6.54 Å². The maximum absolute atomic E-state index is 13.0. The van der Waals surface area contributed by atoms with E-state index in [2.05, 4.69) is 41.6 Å². The van der Waals surface area contributed by atoms with Crippen molar-refractivity contribution < 1.29 is 27.2 Å². The highest BCUT2D eigenvalue weighted by molar-refractivity contribution is 5.82. The van der Waals surface area contributed by atoms with E-state index in [9.17, 15) is 18.0 Å². The van der Waals surface area contributed by atoms with E-state index in [4.69, 9.17) is 4.52 Å². The predicted molar refractivity (Wildman–Crippen MR) is 146 cm³/mol. The number of fused-ring (bicyclic) bond motifs is 1. The summed E-state index contributed by atoms with van der Waals surface area (Å²) in [6.07, 6.45) is 0.354. The number of hydrogen-bond donors (Lipinski definition) is 1. The number of amides is 1. The molecule has 0 spiro atoms. The summed E-state index contributed by atoms with van der Waals surface area (Å²) < 4.78 is 50.3. The van der Waals surface area contributed by atoms with Crippen LogP contribution in [0.15, 0.2) is 53.3 Å². The maximum Gasteiger partial charge on any atom is 0.573 e. The molecule has 1 saturated carbocycles. The van der Waals surface area contributed by atoms with Crippen LogP contribution in [0.2, 0.25) is 0 Å². The Kier molecular flexibility index (Phi) is 7.48. The van der Waals surface area contributed by atoms with Crippen LogP contribution < -0.4 is 10.1 Å². The number of nitrogens with zero attached hydrogens (tertiary/aromatic N) is 5. The fourth-order valence-corrected chi connectivity index (χ4v) is 5.74. The number of ether oxygens (including phenoxy) is 1. The monoisotopic (exact) mass is 580 g/mol. The second kappa shape index (κ2) is 11.2. The minimum atomic E-state index is -4.77. The van der Waals surface area contributed by atoms with Crippen molar-refractivity contribution in [1.29, 1.82) is 0 Å². The SMILES string of the molecule is CCn1ccnc1CN1CCc2c(-c3cccc(OC(F)(F)F)c3)ccc(CNC(=O)[C@@H]3C[C@H]3c3nc(C)no3)c2C1. The quantitative estimate of drug-likeness (QED) is 0.293. The molecule has 12 heteroatoms. The normalized spacial score (nSPS) is 18.5. The molecule has 1 fully saturated rings. The van der Waals surface area contributed by atoms with Crippen molar-refractivity contribution in [1.82, 2.24) is 29.9 Å². The number of carbonyl (C=O) groups excluding carboxylic acids is 1. The van der Waals surface area contributed by atoms with Gasteiger partial charge in [-0.25, -0.2) is 4.98 Å². The van der Waals surface area contributed by atoms with Gasteiger partial charge in [0.1, 0.15) is 11.6 Å². The summed E-state index contributed by atoms with van der Waals surface area (Å²) in [4.78, 5) is 24.1. The summed E-state index contributed by atoms with van der Waals surface area (Å²) in [5, 5.41) is 6.90. The smallest absolute Gasteiger partial charge is 0.406 e. The van der Waals surface area contributed by atoms with Gasteiger partial charge in [-0.15, -0.1) is 13.2 Å². The number of rotatable bonds is 9. The number of aryl methyl sites for hydroxylation is 2.